The van der Waals surface area contributed by atoms with Crippen molar-refractivity contribution in [1.82, 2.24) is 0 Å². The van der Waals surface area contributed by atoms with Gasteiger partial charge in [-0.05, 0) is 20.3 Å². The highest BCUT2D eigenvalue weighted by Gasteiger charge is 2.06. The molecule has 0 amide bonds. The topological polar surface area (TPSA) is 29.5 Å². The van der Waals surface area contributed by atoms with Crippen molar-refractivity contribution in [2.45, 2.75) is 39.4 Å². The first-order chi connectivity index (χ1) is 4.18. The van der Waals surface area contributed by atoms with E-state index in [9.17, 15) is 0 Å². The Labute approximate surface area is 56.8 Å². The van der Waals surface area contributed by atoms with E-state index < -0.39 is 0 Å². The number of aliphatic hydroxyl groups is 1. The van der Waals surface area contributed by atoms with Crippen molar-refractivity contribution in [2.24, 2.45) is 0 Å². The van der Waals surface area contributed by atoms with Crippen LogP contribution in [0.5, 0.6) is 0 Å². The molecule has 0 aromatic rings. The van der Waals surface area contributed by atoms with Crippen LogP contribution in [0.3, 0.4) is 0 Å². The predicted octanol–water partition coefficient (Wildman–Crippen LogP) is 1.18. The van der Waals surface area contributed by atoms with Crippen molar-refractivity contribution in [2.75, 3.05) is 6.61 Å². The molecular weight excluding hydrogens is 116 g/mol. The van der Waals surface area contributed by atoms with E-state index in [0.29, 0.717) is 0 Å². The molecule has 0 aliphatic heterocycles. The van der Waals surface area contributed by atoms with Gasteiger partial charge in [0.25, 0.3) is 0 Å². The van der Waals surface area contributed by atoms with Crippen molar-refractivity contribution in [3.8, 4) is 0 Å². The fourth-order valence-electron chi connectivity index (χ4n) is 0.443. The molecule has 0 aliphatic rings. The van der Waals surface area contributed by atoms with Crippen LogP contribution < -0.4 is 0 Å². The maximum absolute atomic E-state index is 8.92. The summed E-state index contributed by atoms with van der Waals surface area (Å²) in [7, 11) is 0. The minimum Gasteiger partial charge on any atom is -0.391 e. The highest BCUT2D eigenvalue weighted by molar-refractivity contribution is 4.55. The van der Waals surface area contributed by atoms with Gasteiger partial charge in [-0.2, -0.15) is 0 Å². The quantitative estimate of drug-likeness (QED) is 0.622. The molecule has 2 heteroatoms. The summed E-state index contributed by atoms with van der Waals surface area (Å²) in [6.07, 6.45) is 0.637. The van der Waals surface area contributed by atoms with Gasteiger partial charge in [0, 0.05) is 6.61 Å². The normalized spacial score (nSPS) is 17.3. The maximum atomic E-state index is 8.92. The van der Waals surface area contributed by atoms with Crippen LogP contribution in [0.15, 0.2) is 0 Å². The SMILES string of the molecule is CCCOC(C)[C@H](C)O. The van der Waals surface area contributed by atoms with Crippen LogP contribution in [-0.2, 0) is 4.74 Å². The zero-order valence-corrected chi connectivity index (χ0v) is 6.42. The smallest absolute Gasteiger partial charge is 0.0803 e. The van der Waals surface area contributed by atoms with E-state index in [1.54, 1.807) is 6.92 Å². The Kier molecular flexibility index (Phi) is 4.72. The fourth-order valence-corrected chi connectivity index (χ4v) is 0.443. The zero-order chi connectivity index (χ0) is 7.28. The van der Waals surface area contributed by atoms with Gasteiger partial charge in [-0.25, -0.2) is 0 Å². The predicted molar refractivity (Wildman–Crippen MR) is 37.4 cm³/mol. The largest absolute Gasteiger partial charge is 0.391 e. The van der Waals surface area contributed by atoms with Gasteiger partial charge in [0.2, 0.25) is 0 Å². The fraction of sp³-hybridized carbons (Fsp3) is 1.00. The molecule has 0 saturated carbocycles. The number of ether oxygens (including phenoxy) is 1. The van der Waals surface area contributed by atoms with Crippen molar-refractivity contribution in [1.29, 1.82) is 0 Å². The minimum atomic E-state index is -0.350. The molecule has 0 saturated heterocycles. The molecule has 0 heterocycles. The highest BCUT2D eigenvalue weighted by atomic mass is 16.5. The van der Waals surface area contributed by atoms with E-state index in [2.05, 4.69) is 6.92 Å². The Balaban J connectivity index is 3.16. The Morgan fingerprint density at radius 3 is 2.33 bits per heavy atom. The Morgan fingerprint density at radius 2 is 2.00 bits per heavy atom. The third-order valence-electron chi connectivity index (χ3n) is 1.26. The van der Waals surface area contributed by atoms with Gasteiger partial charge in [0.15, 0.2) is 0 Å². The third kappa shape index (κ3) is 4.43. The van der Waals surface area contributed by atoms with E-state index in [1.807, 2.05) is 6.92 Å². The Bertz CT molecular complexity index is 61.9. The monoisotopic (exact) mass is 132 g/mol. The second kappa shape index (κ2) is 4.77. The lowest BCUT2D eigenvalue weighted by atomic mass is 10.3. The van der Waals surface area contributed by atoms with Crippen LogP contribution in [0, 0.1) is 0 Å². The Morgan fingerprint density at radius 1 is 1.44 bits per heavy atom. The van der Waals surface area contributed by atoms with Crippen LogP contribution >= 0.6 is 0 Å². The molecular formula is C7H16O2. The average molecular weight is 132 g/mol. The summed E-state index contributed by atoms with van der Waals surface area (Å²) in [6.45, 7) is 6.40. The number of aliphatic hydroxyl groups excluding tert-OH is 1. The molecule has 0 spiro atoms. The molecule has 9 heavy (non-hydrogen) atoms. The summed E-state index contributed by atoms with van der Waals surface area (Å²) in [5.41, 5.74) is 0. The van der Waals surface area contributed by atoms with Crippen LogP contribution in [0.25, 0.3) is 0 Å². The van der Waals surface area contributed by atoms with Gasteiger partial charge < -0.3 is 9.84 Å². The molecule has 0 aromatic carbocycles. The number of hydrogen-bond donors (Lipinski definition) is 1. The zero-order valence-electron chi connectivity index (χ0n) is 6.42. The Hall–Kier alpha value is -0.0800. The maximum Gasteiger partial charge on any atom is 0.0803 e. The van der Waals surface area contributed by atoms with Gasteiger partial charge in [-0.3, -0.25) is 0 Å². The van der Waals surface area contributed by atoms with E-state index in [4.69, 9.17) is 9.84 Å². The lowest BCUT2D eigenvalue weighted by molar-refractivity contribution is -0.0177. The van der Waals surface area contributed by atoms with Crippen LogP contribution in [0.2, 0.25) is 0 Å². The lowest BCUT2D eigenvalue weighted by Crippen LogP contribution is -2.22. The molecule has 0 rings (SSSR count). The average Bonchev–Trinajstić information content (AvgIpc) is 1.82. The summed E-state index contributed by atoms with van der Waals surface area (Å²) in [5, 5.41) is 8.92. The van der Waals surface area contributed by atoms with Crippen molar-refractivity contribution < 1.29 is 9.84 Å². The standard InChI is InChI=1S/C7H16O2/c1-4-5-9-7(3)6(2)8/h6-8H,4-5H2,1-3H3/t6-,7?/m0/s1. The first-order valence-electron chi connectivity index (χ1n) is 3.48. The van der Waals surface area contributed by atoms with Gasteiger partial charge in [-0.15, -0.1) is 0 Å². The van der Waals surface area contributed by atoms with Crippen LogP contribution in [0.4, 0.5) is 0 Å². The van der Waals surface area contributed by atoms with Crippen molar-refractivity contribution in [3.05, 3.63) is 0 Å². The number of rotatable bonds is 4. The molecule has 1 unspecified atom stereocenters. The molecule has 0 bridgehead atoms. The van der Waals surface area contributed by atoms with E-state index in [1.165, 1.54) is 0 Å². The molecule has 2 nitrogen and oxygen atoms in total. The van der Waals surface area contributed by atoms with Crippen LogP contribution in [0.1, 0.15) is 27.2 Å². The highest BCUT2D eigenvalue weighted by Crippen LogP contribution is 1.97. The molecule has 0 radical (unpaired) electrons. The van der Waals surface area contributed by atoms with E-state index in [-0.39, 0.29) is 12.2 Å². The van der Waals surface area contributed by atoms with E-state index in [0.717, 1.165) is 13.0 Å². The minimum absolute atomic E-state index is 0.0232. The van der Waals surface area contributed by atoms with Gasteiger partial charge in [-0.1, -0.05) is 6.92 Å². The summed E-state index contributed by atoms with van der Waals surface area (Å²) in [6, 6.07) is 0. The van der Waals surface area contributed by atoms with Crippen molar-refractivity contribution in [3.63, 3.8) is 0 Å². The first-order valence-corrected chi connectivity index (χ1v) is 3.48. The second-order valence-electron chi connectivity index (χ2n) is 2.32. The van der Waals surface area contributed by atoms with Gasteiger partial charge in [0.1, 0.15) is 0 Å². The summed E-state index contributed by atoms with van der Waals surface area (Å²) in [4.78, 5) is 0. The van der Waals surface area contributed by atoms with Gasteiger partial charge in [0.05, 0.1) is 12.2 Å². The molecule has 0 aliphatic carbocycles. The second-order valence-corrected chi connectivity index (χ2v) is 2.32. The van der Waals surface area contributed by atoms with Gasteiger partial charge >= 0.3 is 0 Å². The summed E-state index contributed by atoms with van der Waals surface area (Å²) < 4.78 is 5.20. The molecule has 1 N–H and O–H groups in total. The molecule has 0 aromatic heterocycles. The van der Waals surface area contributed by atoms with Crippen LogP contribution in [-0.4, -0.2) is 23.9 Å². The third-order valence-corrected chi connectivity index (χ3v) is 1.26. The first kappa shape index (κ1) is 8.92. The molecule has 2 atom stereocenters. The molecule has 56 valence electrons. The lowest BCUT2D eigenvalue weighted by Gasteiger charge is -2.14. The molecule has 0 fully saturated rings. The summed E-state index contributed by atoms with van der Waals surface area (Å²) in [5.74, 6) is 0. The number of hydrogen-bond acceptors (Lipinski definition) is 2. The van der Waals surface area contributed by atoms with Crippen molar-refractivity contribution >= 4 is 0 Å². The van der Waals surface area contributed by atoms with E-state index >= 15 is 0 Å². The summed E-state index contributed by atoms with van der Waals surface area (Å²) >= 11 is 0.